The maximum atomic E-state index is 10.5. The zero-order valence-corrected chi connectivity index (χ0v) is 12.2. The number of carbonyl (C=O) groups is 1. The van der Waals surface area contributed by atoms with Crippen LogP contribution in [0.15, 0.2) is 17.2 Å². The lowest BCUT2D eigenvalue weighted by atomic mass is 10.2. The highest BCUT2D eigenvalue weighted by Crippen LogP contribution is 2.33. The molecule has 108 valence electrons. The zero-order chi connectivity index (χ0) is 15.1. The summed E-state index contributed by atoms with van der Waals surface area (Å²) in [6.07, 6.45) is 1.39. The van der Waals surface area contributed by atoms with Gasteiger partial charge in [0.1, 0.15) is 0 Å². The van der Waals surface area contributed by atoms with E-state index in [-0.39, 0.29) is 5.96 Å². The van der Waals surface area contributed by atoms with Crippen LogP contribution in [0.4, 0.5) is 0 Å². The van der Waals surface area contributed by atoms with Crippen LogP contribution in [0.1, 0.15) is 12.5 Å². The summed E-state index contributed by atoms with van der Waals surface area (Å²) in [6, 6.07) is 3.20. The summed E-state index contributed by atoms with van der Waals surface area (Å²) < 4.78 is 5.01. The number of methoxy groups -OCH3 is 1. The second kappa shape index (κ2) is 7.56. The van der Waals surface area contributed by atoms with Crippen molar-refractivity contribution >= 4 is 41.3 Å². The maximum Gasteiger partial charge on any atom is 0.329 e. The van der Waals surface area contributed by atoms with Crippen LogP contribution in [-0.2, 0) is 9.63 Å². The van der Waals surface area contributed by atoms with Crippen LogP contribution in [0.25, 0.3) is 0 Å². The van der Waals surface area contributed by atoms with Crippen LogP contribution < -0.4 is 15.6 Å². The van der Waals surface area contributed by atoms with E-state index in [1.54, 1.807) is 12.1 Å². The molecule has 0 bridgehead atoms. The van der Waals surface area contributed by atoms with Gasteiger partial charge in [0.05, 0.1) is 23.4 Å². The lowest BCUT2D eigenvalue weighted by Gasteiger charge is -2.07. The van der Waals surface area contributed by atoms with Gasteiger partial charge in [-0.25, -0.2) is 5.43 Å². The summed E-state index contributed by atoms with van der Waals surface area (Å²) in [5.41, 5.74) is 4.95. The molecule has 0 heterocycles. The van der Waals surface area contributed by atoms with Crippen LogP contribution in [-0.4, -0.2) is 25.3 Å². The van der Waals surface area contributed by atoms with Crippen molar-refractivity contribution in [3.05, 3.63) is 27.7 Å². The molecule has 1 aromatic rings. The molecule has 0 fully saturated rings. The molecule has 7 nitrogen and oxygen atoms in total. The van der Waals surface area contributed by atoms with E-state index in [9.17, 15) is 4.79 Å². The smallest absolute Gasteiger partial charge is 0.329 e. The predicted molar refractivity (Wildman–Crippen MR) is 76.4 cm³/mol. The minimum atomic E-state index is -0.575. The molecule has 20 heavy (non-hydrogen) atoms. The number of hydrazone groups is 1. The molecule has 0 aliphatic rings. The number of hydroxylamine groups is 1. The van der Waals surface area contributed by atoms with Crippen molar-refractivity contribution in [2.75, 3.05) is 7.11 Å². The largest absolute Gasteiger partial charge is 0.494 e. The number of rotatable bonds is 3. The minimum Gasteiger partial charge on any atom is -0.494 e. The zero-order valence-electron chi connectivity index (χ0n) is 10.7. The van der Waals surface area contributed by atoms with Crippen LogP contribution in [0, 0.1) is 5.41 Å². The van der Waals surface area contributed by atoms with Gasteiger partial charge in [0.15, 0.2) is 5.75 Å². The van der Waals surface area contributed by atoms with Crippen LogP contribution >= 0.6 is 23.2 Å². The number of ether oxygens (including phenoxy) is 1. The molecule has 0 aromatic heterocycles. The average molecular weight is 319 g/mol. The Morgan fingerprint density at radius 2 is 2.00 bits per heavy atom. The summed E-state index contributed by atoms with van der Waals surface area (Å²) in [4.78, 5) is 14.9. The monoisotopic (exact) mass is 318 g/mol. The lowest BCUT2D eigenvalue weighted by Crippen LogP contribution is -2.34. The number of guanidine groups is 1. The fraction of sp³-hybridized carbons (Fsp3) is 0.182. The summed E-state index contributed by atoms with van der Waals surface area (Å²) in [7, 11) is 1.46. The Kier molecular flexibility index (Phi) is 6.08. The number of benzene rings is 1. The Hall–Kier alpha value is -1.99. The molecule has 0 atom stereocenters. The number of hydrogen-bond acceptors (Lipinski definition) is 5. The molecular weight excluding hydrogens is 307 g/mol. The highest BCUT2D eigenvalue weighted by molar-refractivity contribution is 6.37. The third-order valence-corrected chi connectivity index (χ3v) is 2.47. The normalized spacial score (nSPS) is 10.2. The van der Waals surface area contributed by atoms with E-state index in [2.05, 4.69) is 15.4 Å². The molecule has 0 spiro atoms. The molecule has 0 radical (unpaired) electrons. The van der Waals surface area contributed by atoms with Crippen LogP contribution in [0.5, 0.6) is 5.75 Å². The van der Waals surface area contributed by atoms with Crippen LogP contribution in [0.3, 0.4) is 0 Å². The third-order valence-electron chi connectivity index (χ3n) is 1.91. The van der Waals surface area contributed by atoms with E-state index in [1.165, 1.54) is 20.2 Å². The summed E-state index contributed by atoms with van der Waals surface area (Å²) in [5, 5.41) is 11.7. The molecule has 1 rings (SSSR count). The molecule has 0 saturated carbocycles. The first-order valence-electron chi connectivity index (χ1n) is 5.28. The van der Waals surface area contributed by atoms with Gasteiger partial charge in [-0.2, -0.15) is 10.6 Å². The summed E-state index contributed by atoms with van der Waals surface area (Å²) in [5.74, 6) is -0.501. The van der Waals surface area contributed by atoms with Crippen LogP contribution in [0.2, 0.25) is 10.0 Å². The van der Waals surface area contributed by atoms with Gasteiger partial charge in [-0.15, -0.1) is 0 Å². The molecule has 0 aliphatic carbocycles. The number of nitrogens with zero attached hydrogens (tertiary/aromatic N) is 1. The first-order valence-corrected chi connectivity index (χ1v) is 6.03. The predicted octanol–water partition coefficient (Wildman–Crippen LogP) is 1.93. The molecule has 0 amide bonds. The summed E-state index contributed by atoms with van der Waals surface area (Å²) >= 11 is 11.9. The van der Waals surface area contributed by atoms with Crippen molar-refractivity contribution in [2.24, 2.45) is 5.10 Å². The molecule has 1 aromatic carbocycles. The fourth-order valence-electron chi connectivity index (χ4n) is 1.17. The Morgan fingerprint density at radius 3 is 2.50 bits per heavy atom. The van der Waals surface area contributed by atoms with Gasteiger partial charge in [0.25, 0.3) is 0 Å². The third kappa shape index (κ3) is 4.94. The quantitative estimate of drug-likeness (QED) is 0.449. The number of hydrogen-bond donors (Lipinski definition) is 3. The van der Waals surface area contributed by atoms with E-state index in [4.69, 9.17) is 33.3 Å². The van der Waals surface area contributed by atoms with Gasteiger partial charge in [0, 0.05) is 6.92 Å². The first kappa shape index (κ1) is 16.1. The van der Waals surface area contributed by atoms with Crippen molar-refractivity contribution in [1.29, 1.82) is 5.41 Å². The Bertz CT molecular complexity index is 525. The Balaban J connectivity index is 2.63. The van der Waals surface area contributed by atoms with Crippen molar-refractivity contribution in [1.82, 2.24) is 10.9 Å². The second-order valence-electron chi connectivity index (χ2n) is 3.46. The SMILES string of the molecule is COc1c(Cl)cc(C=NNC(=N)NOC(C)=O)cc1Cl. The minimum absolute atomic E-state index is 0.304. The average Bonchev–Trinajstić information content (AvgIpc) is 2.36. The van der Waals surface area contributed by atoms with Gasteiger partial charge < -0.3 is 9.57 Å². The molecule has 0 unspecified atom stereocenters. The molecule has 0 saturated heterocycles. The van der Waals surface area contributed by atoms with Gasteiger partial charge in [-0.05, 0) is 17.7 Å². The van der Waals surface area contributed by atoms with E-state index in [0.29, 0.717) is 21.4 Å². The first-order chi connectivity index (χ1) is 9.43. The number of nitrogens with one attached hydrogen (secondary N) is 3. The van der Waals surface area contributed by atoms with Crippen molar-refractivity contribution < 1.29 is 14.4 Å². The van der Waals surface area contributed by atoms with E-state index >= 15 is 0 Å². The molecule has 9 heteroatoms. The maximum absolute atomic E-state index is 10.5. The van der Waals surface area contributed by atoms with Gasteiger partial charge in [-0.1, -0.05) is 23.2 Å². The molecular formula is C11H12Cl2N4O3. The lowest BCUT2D eigenvalue weighted by molar-refractivity contribution is -0.145. The Morgan fingerprint density at radius 1 is 1.40 bits per heavy atom. The highest BCUT2D eigenvalue weighted by atomic mass is 35.5. The van der Waals surface area contributed by atoms with Crippen molar-refractivity contribution in [3.8, 4) is 5.75 Å². The standard InChI is InChI=1S/C11H12Cl2N4O3/c1-6(18)20-17-11(14)16-15-5-7-3-8(12)10(19-2)9(13)4-7/h3-5H,1-2H3,(H3,14,16,17). The highest BCUT2D eigenvalue weighted by Gasteiger charge is 2.07. The fourth-order valence-corrected chi connectivity index (χ4v) is 1.82. The molecule has 3 N–H and O–H groups in total. The number of carbonyl (C=O) groups excluding carboxylic acids is 1. The topological polar surface area (TPSA) is 95.8 Å². The van der Waals surface area contributed by atoms with Gasteiger partial charge in [-0.3, -0.25) is 10.2 Å². The van der Waals surface area contributed by atoms with Gasteiger partial charge >= 0.3 is 5.97 Å². The second-order valence-corrected chi connectivity index (χ2v) is 4.27. The van der Waals surface area contributed by atoms with Crippen molar-refractivity contribution in [2.45, 2.75) is 6.92 Å². The molecule has 0 aliphatic heterocycles. The number of halogens is 2. The van der Waals surface area contributed by atoms with E-state index in [1.807, 2.05) is 5.48 Å². The Labute approximate surface area is 125 Å². The van der Waals surface area contributed by atoms with E-state index < -0.39 is 5.97 Å². The van der Waals surface area contributed by atoms with Crippen molar-refractivity contribution in [3.63, 3.8) is 0 Å². The van der Waals surface area contributed by atoms with E-state index in [0.717, 1.165) is 0 Å². The van der Waals surface area contributed by atoms with Gasteiger partial charge in [0.2, 0.25) is 5.96 Å². The summed E-state index contributed by atoms with van der Waals surface area (Å²) in [6.45, 7) is 1.20.